The van der Waals surface area contributed by atoms with Gasteiger partial charge >= 0.3 is 11.9 Å². The number of thioether (sulfide) groups is 2. The Morgan fingerprint density at radius 2 is 2.02 bits per heavy atom. The van der Waals surface area contributed by atoms with E-state index in [0.29, 0.717) is 5.57 Å². The molecule has 2 atom stereocenters. The number of aliphatic carboxylic acids is 3. The summed E-state index contributed by atoms with van der Waals surface area (Å²) < 4.78 is 1.47. The van der Waals surface area contributed by atoms with Gasteiger partial charge in [-0.2, -0.15) is 4.57 Å². The molecule has 4 rings (SSSR count). The zero-order chi connectivity index (χ0) is 29.8. The molecule has 0 bridgehead atoms. The molecule has 1 saturated heterocycles. The van der Waals surface area contributed by atoms with Crippen LogP contribution in [-0.2, 0) is 35.4 Å². The summed E-state index contributed by atoms with van der Waals surface area (Å²) in [7, 11) is 0. The lowest BCUT2D eigenvalue weighted by molar-refractivity contribution is -0.686. The molecule has 0 radical (unpaired) electrons. The Hall–Kier alpha value is -4.42. The first-order chi connectivity index (χ1) is 19.5. The fourth-order valence-corrected chi connectivity index (χ4v) is 6.62. The van der Waals surface area contributed by atoms with E-state index in [1.807, 2.05) is 0 Å². The minimum absolute atomic E-state index is 0.0351. The number of anilines is 1. The number of nitrogens with one attached hydrogen (secondary N) is 1. The molecule has 2 aromatic heterocycles. The average molecular weight is 621 g/mol. The van der Waals surface area contributed by atoms with Crippen LogP contribution >= 0.6 is 34.9 Å². The molecule has 18 heteroatoms. The topological polar surface area (TPSA) is 229 Å². The summed E-state index contributed by atoms with van der Waals surface area (Å²) in [6, 6.07) is 2.26. The van der Waals surface area contributed by atoms with Gasteiger partial charge in [0.25, 0.3) is 11.8 Å². The van der Waals surface area contributed by atoms with Crippen molar-refractivity contribution in [2.24, 2.45) is 5.16 Å². The first-order valence-electron chi connectivity index (χ1n) is 11.4. The number of carbonyl (C=O) groups excluding carboxylic acids is 3. The third-order valence-corrected chi connectivity index (χ3v) is 8.70. The number of fused-ring (bicyclic) bond motifs is 1. The van der Waals surface area contributed by atoms with Crippen LogP contribution in [0.4, 0.5) is 5.13 Å². The Balaban J connectivity index is 1.47. The first kappa shape index (κ1) is 29.6. The van der Waals surface area contributed by atoms with Crippen molar-refractivity contribution >= 4 is 75.4 Å². The maximum atomic E-state index is 13.0. The van der Waals surface area contributed by atoms with E-state index in [-0.39, 0.29) is 34.6 Å². The van der Waals surface area contributed by atoms with E-state index >= 15 is 0 Å². The van der Waals surface area contributed by atoms with Crippen molar-refractivity contribution in [2.75, 3.05) is 17.2 Å². The van der Waals surface area contributed by atoms with Gasteiger partial charge in [-0.15, -0.1) is 34.9 Å². The number of nitrogen functional groups attached to an aromatic ring is 1. The third-order valence-electron chi connectivity index (χ3n) is 5.58. The van der Waals surface area contributed by atoms with Crippen molar-refractivity contribution in [2.45, 2.75) is 22.9 Å². The average Bonchev–Trinajstić information content (AvgIpc) is 3.35. The van der Waals surface area contributed by atoms with E-state index in [0.717, 1.165) is 21.1 Å². The van der Waals surface area contributed by atoms with Crippen molar-refractivity contribution < 1.29 is 48.7 Å². The van der Waals surface area contributed by atoms with Gasteiger partial charge in [-0.3, -0.25) is 14.5 Å². The standard InChI is InChI=1S/C23H20N6O9S3/c1-10(21(34)35)38-27-15(13-9-41-23(24)25-13)18(32)26-16-19(33)29-17(22(36)37)11(8-40-20(16)29)7-39-12-2-4-28(5-3-12)6-14(30)31/h2-5,9,16,20H,1,6-8H2,(H5-,24,25,26,30,31,32,34,35,36,37)/t16?,20-/m0/s1. The number of nitrogens with two attached hydrogens (primary N) is 1. The fraction of sp³-hybridized carbons (Fsp3) is 0.217. The number of hydrogen-bond acceptors (Lipinski definition) is 13. The molecule has 0 aliphatic carbocycles. The van der Waals surface area contributed by atoms with Crippen LogP contribution in [0.3, 0.4) is 0 Å². The molecule has 15 nitrogen and oxygen atoms in total. The second-order valence-corrected chi connectivity index (χ2v) is 11.4. The minimum Gasteiger partial charge on any atom is -0.543 e. The van der Waals surface area contributed by atoms with Crippen LogP contribution in [0.25, 0.3) is 0 Å². The number of thiazole rings is 1. The van der Waals surface area contributed by atoms with Gasteiger partial charge in [0.05, 0.1) is 11.7 Å². The minimum atomic E-state index is -1.54. The summed E-state index contributed by atoms with van der Waals surface area (Å²) in [5.41, 5.74) is 5.28. The van der Waals surface area contributed by atoms with Crippen LogP contribution in [0, 0.1) is 0 Å². The highest BCUT2D eigenvalue weighted by atomic mass is 32.2. The molecule has 5 N–H and O–H groups in total. The summed E-state index contributed by atoms with van der Waals surface area (Å²) in [6.45, 7) is 2.96. The summed E-state index contributed by atoms with van der Waals surface area (Å²) in [5.74, 6) is -5.99. The van der Waals surface area contributed by atoms with Crippen LogP contribution < -0.4 is 20.7 Å². The molecule has 1 fully saturated rings. The van der Waals surface area contributed by atoms with Crippen LogP contribution in [-0.4, -0.2) is 78.5 Å². The normalized spacial score (nSPS) is 18.3. The number of β-lactam (4-membered cyclic amide) rings is 1. The molecule has 2 aliphatic heterocycles. The summed E-state index contributed by atoms with van der Waals surface area (Å²) in [6.07, 6.45) is 3.17. The number of nitrogens with zero attached hydrogens (tertiary/aromatic N) is 4. The highest BCUT2D eigenvalue weighted by Gasteiger charge is 2.53. The van der Waals surface area contributed by atoms with Crippen molar-refractivity contribution in [3.05, 3.63) is 59.2 Å². The van der Waals surface area contributed by atoms with Gasteiger partial charge in [0.15, 0.2) is 23.2 Å². The van der Waals surface area contributed by atoms with Crippen molar-refractivity contribution in [1.82, 2.24) is 15.2 Å². The lowest BCUT2D eigenvalue weighted by Crippen LogP contribution is -2.71. The van der Waals surface area contributed by atoms with Crippen LogP contribution in [0.2, 0.25) is 0 Å². The molecule has 214 valence electrons. The summed E-state index contributed by atoms with van der Waals surface area (Å²) in [5, 5.41) is 36.6. The Kier molecular flexibility index (Phi) is 8.94. The van der Waals surface area contributed by atoms with E-state index in [9.17, 15) is 29.1 Å². The number of rotatable bonds is 12. The van der Waals surface area contributed by atoms with Gasteiger partial charge in [0.1, 0.15) is 17.1 Å². The summed E-state index contributed by atoms with van der Waals surface area (Å²) >= 11 is 3.52. The Bertz CT molecular complexity index is 1500. The van der Waals surface area contributed by atoms with Crippen LogP contribution in [0.5, 0.6) is 0 Å². The van der Waals surface area contributed by atoms with Crippen molar-refractivity contribution in [3.8, 4) is 0 Å². The molecule has 41 heavy (non-hydrogen) atoms. The number of pyridine rings is 1. The molecular formula is C23H20N6O9S3. The van der Waals surface area contributed by atoms with Crippen LogP contribution in [0.15, 0.2) is 63.6 Å². The Labute approximate surface area is 243 Å². The zero-order valence-corrected chi connectivity index (χ0v) is 23.2. The highest BCUT2D eigenvalue weighted by molar-refractivity contribution is 8.01. The quantitative estimate of drug-likeness (QED) is 0.0408. The maximum absolute atomic E-state index is 13.0. The SMILES string of the molecule is C=C(ON=C(C(=O)NC1C(=O)N2C(C(=O)[O-])=C(CSc3cc[n+](CC(=O)O)cc3)CS[C@@H]12)c1csc(N)n1)C(=O)O. The molecule has 0 saturated carbocycles. The van der Waals surface area contributed by atoms with E-state index in [2.05, 4.69) is 22.0 Å². The van der Waals surface area contributed by atoms with E-state index in [1.54, 1.807) is 24.5 Å². The summed E-state index contributed by atoms with van der Waals surface area (Å²) in [4.78, 5) is 70.4. The third kappa shape index (κ3) is 6.67. The number of carbonyl (C=O) groups is 5. The van der Waals surface area contributed by atoms with Gasteiger partial charge in [0, 0.05) is 33.9 Å². The van der Waals surface area contributed by atoms with E-state index in [1.165, 1.54) is 33.5 Å². The molecule has 0 spiro atoms. The molecular weight excluding hydrogens is 600 g/mol. The number of hydrogen-bond donors (Lipinski definition) is 4. The number of carboxylic acids is 3. The lowest BCUT2D eigenvalue weighted by atomic mass is 10.0. The molecule has 2 amide bonds. The zero-order valence-electron chi connectivity index (χ0n) is 20.7. The van der Waals surface area contributed by atoms with Gasteiger partial charge < -0.3 is 36.0 Å². The van der Waals surface area contributed by atoms with Gasteiger partial charge in [-0.05, 0) is 12.2 Å². The molecule has 4 heterocycles. The second kappa shape index (κ2) is 12.4. The molecule has 2 aromatic rings. The molecule has 1 unspecified atom stereocenters. The number of aromatic nitrogens is 2. The largest absolute Gasteiger partial charge is 0.543 e. The van der Waals surface area contributed by atoms with Crippen molar-refractivity contribution in [1.29, 1.82) is 0 Å². The Morgan fingerprint density at radius 3 is 2.61 bits per heavy atom. The first-order valence-corrected chi connectivity index (χ1v) is 14.3. The smallest absolute Gasteiger partial charge is 0.374 e. The molecule has 0 aromatic carbocycles. The predicted octanol–water partition coefficient (Wildman–Crippen LogP) is -1.39. The molecule has 2 aliphatic rings. The predicted molar refractivity (Wildman–Crippen MR) is 143 cm³/mol. The fourth-order valence-electron chi connectivity index (χ4n) is 3.70. The monoisotopic (exact) mass is 620 g/mol. The second-order valence-electron chi connectivity index (χ2n) is 8.32. The maximum Gasteiger partial charge on any atom is 0.374 e. The number of carboxylic acid groups (broad SMARTS) is 3. The van der Waals surface area contributed by atoms with Gasteiger partial charge in [-0.1, -0.05) is 5.16 Å². The number of amides is 2. The van der Waals surface area contributed by atoms with Crippen LogP contribution in [0.1, 0.15) is 5.69 Å². The lowest BCUT2D eigenvalue weighted by Gasteiger charge is -2.50. The van der Waals surface area contributed by atoms with Crippen molar-refractivity contribution in [3.63, 3.8) is 0 Å². The highest BCUT2D eigenvalue weighted by Crippen LogP contribution is 2.41. The Morgan fingerprint density at radius 1 is 1.32 bits per heavy atom. The number of oxime groups is 1. The van der Waals surface area contributed by atoms with Gasteiger partial charge in [-0.25, -0.2) is 14.6 Å². The van der Waals surface area contributed by atoms with E-state index in [4.69, 9.17) is 20.8 Å². The van der Waals surface area contributed by atoms with E-state index < -0.39 is 52.6 Å². The van der Waals surface area contributed by atoms with Gasteiger partial charge in [0.2, 0.25) is 12.3 Å².